The first-order valence-electron chi connectivity index (χ1n) is 7.64. The predicted molar refractivity (Wildman–Crippen MR) is 83.8 cm³/mol. The van der Waals surface area contributed by atoms with Gasteiger partial charge in [-0.25, -0.2) is 9.67 Å². The minimum Gasteiger partial charge on any atom is -0.389 e. The molecule has 1 aromatic carbocycles. The van der Waals surface area contributed by atoms with Gasteiger partial charge in [0.25, 0.3) is 0 Å². The van der Waals surface area contributed by atoms with Gasteiger partial charge in [0.15, 0.2) is 0 Å². The van der Waals surface area contributed by atoms with Gasteiger partial charge in [0.1, 0.15) is 12.7 Å². The van der Waals surface area contributed by atoms with Gasteiger partial charge in [-0.05, 0) is 24.8 Å². The Kier molecular flexibility index (Phi) is 5.29. The molecule has 0 aliphatic rings. The zero-order chi connectivity index (χ0) is 16.0. The lowest BCUT2D eigenvalue weighted by molar-refractivity contribution is 0.00871. The second-order valence-corrected chi connectivity index (χ2v) is 5.55. The molecule has 0 saturated heterocycles. The van der Waals surface area contributed by atoms with Crippen molar-refractivity contribution < 1.29 is 5.11 Å². The third-order valence-electron chi connectivity index (χ3n) is 4.48. The monoisotopic (exact) mass is 298 g/mol. The Morgan fingerprint density at radius 2 is 1.95 bits per heavy atom. The topological polar surface area (TPSA) is 74.7 Å². The lowest BCUT2D eigenvalue weighted by Gasteiger charge is -2.35. The first kappa shape index (κ1) is 16.2. The number of rotatable bonds is 7. The van der Waals surface area contributed by atoms with Gasteiger partial charge in [0.2, 0.25) is 0 Å². The lowest BCUT2D eigenvalue weighted by atomic mass is 9.74. The van der Waals surface area contributed by atoms with Crippen molar-refractivity contribution in [2.45, 2.75) is 45.3 Å². The van der Waals surface area contributed by atoms with Crippen molar-refractivity contribution >= 4 is 0 Å². The van der Waals surface area contributed by atoms with E-state index in [1.165, 1.54) is 6.33 Å². The average Bonchev–Trinajstić information content (AvgIpc) is 3.10. The van der Waals surface area contributed by atoms with Gasteiger partial charge in [0.05, 0.1) is 23.6 Å². The maximum Gasteiger partial charge on any atom is 0.137 e. The second-order valence-electron chi connectivity index (χ2n) is 5.55. The molecular weight excluding hydrogens is 276 g/mol. The third-order valence-corrected chi connectivity index (χ3v) is 4.48. The summed E-state index contributed by atoms with van der Waals surface area (Å²) in [6, 6.07) is 11.9. The molecule has 0 radical (unpaired) electrons. The van der Waals surface area contributed by atoms with Crippen molar-refractivity contribution in [3.05, 3.63) is 48.5 Å². The SMILES string of the molecule is CCC(C#N)(CC)C(O)C(Cc1ccccc1)n1cncn1. The fraction of sp³-hybridized carbons (Fsp3) is 0.471. The molecule has 2 unspecified atom stereocenters. The molecule has 1 N–H and O–H groups in total. The summed E-state index contributed by atoms with van der Waals surface area (Å²) in [5.41, 5.74) is 0.326. The van der Waals surface area contributed by atoms with Gasteiger partial charge in [-0.1, -0.05) is 44.2 Å². The molecule has 2 atom stereocenters. The van der Waals surface area contributed by atoms with E-state index in [0.717, 1.165) is 5.56 Å². The Morgan fingerprint density at radius 3 is 2.45 bits per heavy atom. The van der Waals surface area contributed by atoms with Gasteiger partial charge >= 0.3 is 0 Å². The fourth-order valence-corrected chi connectivity index (χ4v) is 2.85. The van der Waals surface area contributed by atoms with Crippen molar-refractivity contribution in [1.82, 2.24) is 14.8 Å². The van der Waals surface area contributed by atoms with Gasteiger partial charge in [-0.3, -0.25) is 0 Å². The van der Waals surface area contributed by atoms with Crippen LogP contribution in [-0.4, -0.2) is 26.0 Å². The van der Waals surface area contributed by atoms with Gasteiger partial charge < -0.3 is 5.11 Å². The standard InChI is InChI=1S/C17H22N4O/c1-3-17(4-2,11-18)16(22)15(21-13-19-12-20-21)10-14-8-6-5-7-9-14/h5-9,12-13,15-16,22H,3-4,10H2,1-2H3. The van der Waals surface area contributed by atoms with Crippen LogP contribution < -0.4 is 0 Å². The van der Waals surface area contributed by atoms with Gasteiger partial charge in [-0.2, -0.15) is 10.4 Å². The van der Waals surface area contributed by atoms with Crippen LogP contribution in [0.4, 0.5) is 0 Å². The minimum absolute atomic E-state index is 0.315. The maximum absolute atomic E-state index is 10.9. The molecule has 0 aliphatic heterocycles. The van der Waals surface area contributed by atoms with Gasteiger partial charge in [-0.15, -0.1) is 0 Å². The number of hydrogen-bond acceptors (Lipinski definition) is 4. The molecule has 5 nitrogen and oxygen atoms in total. The minimum atomic E-state index is -0.811. The van der Waals surface area contributed by atoms with Gasteiger partial charge in [0, 0.05) is 0 Å². The summed E-state index contributed by atoms with van der Waals surface area (Å²) in [6.07, 6.45) is 4.05. The molecule has 1 aromatic heterocycles. The molecule has 116 valence electrons. The molecule has 2 aromatic rings. The summed E-state index contributed by atoms with van der Waals surface area (Å²) in [4.78, 5) is 3.98. The van der Waals surface area contributed by atoms with E-state index < -0.39 is 11.5 Å². The zero-order valence-electron chi connectivity index (χ0n) is 13.1. The highest BCUT2D eigenvalue weighted by atomic mass is 16.3. The number of nitriles is 1. The predicted octanol–water partition coefficient (Wildman–Crippen LogP) is 2.75. The highest BCUT2D eigenvalue weighted by Gasteiger charge is 2.41. The summed E-state index contributed by atoms with van der Waals surface area (Å²) >= 11 is 0. The molecular formula is C17H22N4O. The molecule has 1 heterocycles. The van der Waals surface area contributed by atoms with Crippen LogP contribution in [0.2, 0.25) is 0 Å². The molecule has 0 bridgehead atoms. The summed E-state index contributed by atoms with van der Waals surface area (Å²) in [5, 5.41) is 24.7. The molecule has 0 fully saturated rings. The lowest BCUT2D eigenvalue weighted by Crippen LogP contribution is -2.41. The highest BCUT2D eigenvalue weighted by Crippen LogP contribution is 2.36. The fourth-order valence-electron chi connectivity index (χ4n) is 2.85. The number of benzene rings is 1. The van der Waals surface area contributed by atoms with Crippen molar-refractivity contribution in [1.29, 1.82) is 5.26 Å². The first-order valence-corrected chi connectivity index (χ1v) is 7.64. The number of aliphatic hydroxyl groups is 1. The second kappa shape index (κ2) is 7.19. The summed E-state index contributed by atoms with van der Waals surface area (Å²) in [5.74, 6) is 0. The normalized spacial score (nSPS) is 14.3. The first-order chi connectivity index (χ1) is 10.7. The summed E-state index contributed by atoms with van der Waals surface area (Å²) in [6.45, 7) is 3.88. The maximum atomic E-state index is 10.9. The molecule has 0 aliphatic carbocycles. The molecule has 5 heteroatoms. The average molecular weight is 298 g/mol. The van der Waals surface area contributed by atoms with Crippen LogP contribution in [0.15, 0.2) is 43.0 Å². The molecule has 0 amide bonds. The smallest absolute Gasteiger partial charge is 0.137 e. The van der Waals surface area contributed by atoms with E-state index in [-0.39, 0.29) is 6.04 Å². The number of aromatic nitrogens is 3. The quantitative estimate of drug-likeness (QED) is 0.853. The molecule has 0 spiro atoms. The molecule has 2 rings (SSSR count). The number of nitrogens with zero attached hydrogens (tertiary/aromatic N) is 4. The van der Waals surface area contributed by atoms with Crippen LogP contribution in [0.25, 0.3) is 0 Å². The third kappa shape index (κ3) is 3.18. The van der Waals surface area contributed by atoms with Crippen molar-refractivity contribution in [2.24, 2.45) is 5.41 Å². The zero-order valence-corrected chi connectivity index (χ0v) is 13.1. The highest BCUT2D eigenvalue weighted by molar-refractivity contribution is 5.17. The Balaban J connectivity index is 2.35. The van der Waals surface area contributed by atoms with Crippen molar-refractivity contribution in [2.75, 3.05) is 0 Å². The van der Waals surface area contributed by atoms with Crippen LogP contribution in [-0.2, 0) is 6.42 Å². The van der Waals surface area contributed by atoms with Crippen molar-refractivity contribution in [3.8, 4) is 6.07 Å². The van der Waals surface area contributed by atoms with E-state index in [1.54, 1.807) is 11.0 Å². The molecule has 0 saturated carbocycles. The summed E-state index contributed by atoms with van der Waals surface area (Å²) < 4.78 is 1.66. The van der Waals surface area contributed by atoms with E-state index in [4.69, 9.17) is 0 Å². The van der Waals surface area contributed by atoms with E-state index in [9.17, 15) is 10.4 Å². The van der Waals surface area contributed by atoms with Crippen molar-refractivity contribution in [3.63, 3.8) is 0 Å². The number of aliphatic hydroxyl groups excluding tert-OH is 1. The number of hydrogen-bond donors (Lipinski definition) is 1. The Labute approximate surface area is 131 Å². The van der Waals surface area contributed by atoms with Crippen LogP contribution in [0, 0.1) is 16.7 Å². The van der Waals surface area contributed by atoms with Crippen LogP contribution in [0.5, 0.6) is 0 Å². The van der Waals surface area contributed by atoms with Crippen LogP contribution >= 0.6 is 0 Å². The largest absolute Gasteiger partial charge is 0.389 e. The Bertz CT molecular complexity index is 599. The van der Waals surface area contributed by atoms with Crippen LogP contribution in [0.1, 0.15) is 38.3 Å². The molecule has 22 heavy (non-hydrogen) atoms. The van der Waals surface area contributed by atoms with Crippen LogP contribution in [0.3, 0.4) is 0 Å². The van der Waals surface area contributed by atoms with E-state index in [1.807, 2.05) is 44.2 Å². The van der Waals surface area contributed by atoms with E-state index >= 15 is 0 Å². The van der Waals surface area contributed by atoms with E-state index in [0.29, 0.717) is 19.3 Å². The Hall–Kier alpha value is -2.19. The summed E-state index contributed by atoms with van der Waals surface area (Å²) in [7, 11) is 0. The van der Waals surface area contributed by atoms with E-state index in [2.05, 4.69) is 16.2 Å². The Morgan fingerprint density at radius 1 is 1.27 bits per heavy atom.